The zero-order chi connectivity index (χ0) is 26.0. The van der Waals surface area contributed by atoms with Crippen LogP contribution in [0.25, 0.3) is 10.9 Å². The summed E-state index contributed by atoms with van der Waals surface area (Å²) >= 11 is 1.77. The van der Waals surface area contributed by atoms with E-state index in [1.165, 1.54) is 16.2 Å². The van der Waals surface area contributed by atoms with E-state index in [4.69, 9.17) is 4.74 Å². The third-order valence-electron chi connectivity index (χ3n) is 6.17. The summed E-state index contributed by atoms with van der Waals surface area (Å²) in [5, 5.41) is 2.71. The van der Waals surface area contributed by atoms with E-state index in [9.17, 15) is 27.6 Å². The van der Waals surface area contributed by atoms with E-state index in [2.05, 4.69) is 5.32 Å². The van der Waals surface area contributed by atoms with E-state index >= 15 is 0 Å². The van der Waals surface area contributed by atoms with Crippen molar-refractivity contribution < 1.29 is 27.5 Å². The highest BCUT2D eigenvalue weighted by atomic mass is 32.2. The molecule has 0 spiro atoms. The number of ether oxygens (including phenoxy) is 1. The molecule has 0 unspecified atom stereocenters. The van der Waals surface area contributed by atoms with Crippen molar-refractivity contribution in [3.63, 3.8) is 0 Å². The molecule has 0 atom stereocenters. The van der Waals surface area contributed by atoms with E-state index in [0.717, 1.165) is 24.3 Å². The standard InChI is InChI=1S/C25H26F3N3O4S/c1-15-12-18-20(24(34)31(15)13-19(32)16-6-4-3-5-7-16)22(35-14-25(26,27)28)21(30(18)2)23(33)29-17-8-10-36-11-9-17/h3-7,12,17H,8-11,13-14H2,1-2H3,(H,29,33). The van der Waals surface area contributed by atoms with Crippen LogP contribution in [-0.4, -0.2) is 51.2 Å². The Labute approximate surface area is 209 Å². The first-order chi connectivity index (χ1) is 17.1. The summed E-state index contributed by atoms with van der Waals surface area (Å²) in [5.41, 5.74) is 0.223. The molecule has 0 radical (unpaired) electrons. The average Bonchev–Trinajstić information content (AvgIpc) is 3.12. The number of thioether (sulfide) groups is 1. The fourth-order valence-electron chi connectivity index (χ4n) is 4.32. The summed E-state index contributed by atoms with van der Waals surface area (Å²) in [6.45, 7) is -0.343. The molecule has 1 fully saturated rings. The lowest BCUT2D eigenvalue weighted by molar-refractivity contribution is -0.153. The molecule has 1 aromatic carbocycles. The summed E-state index contributed by atoms with van der Waals surface area (Å²) in [5.74, 6) is 0.375. The zero-order valence-corrected chi connectivity index (χ0v) is 20.7. The van der Waals surface area contributed by atoms with E-state index in [-0.39, 0.29) is 35.0 Å². The van der Waals surface area contributed by atoms with Crippen LogP contribution in [-0.2, 0) is 13.6 Å². The SMILES string of the molecule is Cc1cc2c(c(OCC(F)(F)F)c(C(=O)NC3CCSCC3)n2C)c(=O)n1CC(=O)c1ccccc1. The Morgan fingerprint density at radius 2 is 1.83 bits per heavy atom. The number of nitrogens with zero attached hydrogens (tertiary/aromatic N) is 2. The van der Waals surface area contributed by atoms with E-state index in [1.54, 1.807) is 55.1 Å². The van der Waals surface area contributed by atoms with Crippen LogP contribution in [0.1, 0.15) is 39.4 Å². The predicted octanol–water partition coefficient (Wildman–Crippen LogP) is 4.10. The topological polar surface area (TPSA) is 82.3 Å². The molecule has 0 saturated carbocycles. The average molecular weight is 522 g/mol. The Balaban J connectivity index is 1.80. The molecule has 1 amide bonds. The molecule has 11 heteroatoms. The lowest BCUT2D eigenvalue weighted by atomic mass is 10.1. The first kappa shape index (κ1) is 25.9. The van der Waals surface area contributed by atoms with Crippen molar-refractivity contribution in [2.45, 2.75) is 38.5 Å². The summed E-state index contributed by atoms with van der Waals surface area (Å²) in [6.07, 6.45) is -3.19. The van der Waals surface area contributed by atoms with E-state index < -0.39 is 30.0 Å². The largest absolute Gasteiger partial charge is 0.481 e. The molecular formula is C25H26F3N3O4S. The minimum absolute atomic E-state index is 0.117. The Morgan fingerprint density at radius 1 is 1.17 bits per heavy atom. The van der Waals surface area contributed by atoms with Gasteiger partial charge in [0.15, 0.2) is 23.8 Å². The number of alkyl halides is 3. The summed E-state index contributed by atoms with van der Waals surface area (Å²) < 4.78 is 47.0. The van der Waals surface area contributed by atoms with Crippen LogP contribution in [0.5, 0.6) is 5.75 Å². The second-order valence-corrected chi connectivity index (χ2v) is 9.95. The van der Waals surface area contributed by atoms with Gasteiger partial charge in [-0.1, -0.05) is 30.3 Å². The molecule has 1 aliphatic heterocycles. The Bertz CT molecular complexity index is 1340. The molecule has 1 aliphatic rings. The van der Waals surface area contributed by atoms with Gasteiger partial charge in [-0.05, 0) is 37.3 Å². The molecule has 3 heterocycles. The van der Waals surface area contributed by atoms with Crippen LogP contribution in [0.15, 0.2) is 41.2 Å². The minimum Gasteiger partial charge on any atom is -0.481 e. The van der Waals surface area contributed by atoms with E-state index in [1.807, 2.05) is 0 Å². The highest BCUT2D eigenvalue weighted by Crippen LogP contribution is 2.33. The summed E-state index contributed by atoms with van der Waals surface area (Å²) in [6, 6.07) is 9.84. The molecule has 2 aromatic heterocycles. The van der Waals surface area contributed by atoms with Gasteiger partial charge in [0.05, 0.1) is 12.1 Å². The number of aryl methyl sites for hydroxylation is 2. The van der Waals surface area contributed by atoms with Crippen LogP contribution in [0, 0.1) is 6.92 Å². The van der Waals surface area contributed by atoms with Crippen LogP contribution < -0.4 is 15.6 Å². The lowest BCUT2D eigenvalue weighted by Crippen LogP contribution is -2.38. The van der Waals surface area contributed by atoms with Crippen LogP contribution >= 0.6 is 11.8 Å². The van der Waals surface area contributed by atoms with E-state index in [0.29, 0.717) is 11.3 Å². The van der Waals surface area contributed by atoms with Crippen molar-refractivity contribution in [1.29, 1.82) is 0 Å². The van der Waals surface area contributed by atoms with Crippen LogP contribution in [0.4, 0.5) is 13.2 Å². The number of Topliss-reactive ketones (excluding diaryl/α,β-unsaturated/α-hetero) is 1. The van der Waals surface area contributed by atoms with Gasteiger partial charge in [-0.3, -0.25) is 14.4 Å². The van der Waals surface area contributed by atoms with Crippen LogP contribution in [0.2, 0.25) is 0 Å². The van der Waals surface area contributed by atoms with Crippen molar-refractivity contribution in [3.8, 4) is 5.75 Å². The first-order valence-corrected chi connectivity index (χ1v) is 12.6. The number of carbonyl (C=O) groups excluding carboxylic acids is 2. The summed E-state index contributed by atoms with van der Waals surface area (Å²) in [7, 11) is 1.51. The number of hydrogen-bond acceptors (Lipinski definition) is 5. The summed E-state index contributed by atoms with van der Waals surface area (Å²) in [4.78, 5) is 39.6. The van der Waals surface area contributed by atoms with Gasteiger partial charge in [0.1, 0.15) is 5.39 Å². The first-order valence-electron chi connectivity index (χ1n) is 11.5. The number of halogens is 3. The molecule has 0 aliphatic carbocycles. The minimum atomic E-state index is -4.68. The van der Waals surface area contributed by atoms with Crippen molar-refractivity contribution in [3.05, 3.63) is 63.7 Å². The molecular weight excluding hydrogens is 495 g/mol. The molecule has 1 N–H and O–H groups in total. The number of carbonyl (C=O) groups is 2. The molecule has 192 valence electrons. The number of benzene rings is 1. The van der Waals surface area contributed by atoms with Gasteiger partial charge in [0, 0.05) is 24.3 Å². The van der Waals surface area contributed by atoms with Gasteiger partial charge in [0.25, 0.3) is 11.5 Å². The smallest absolute Gasteiger partial charge is 0.422 e. The molecule has 7 nitrogen and oxygen atoms in total. The second kappa shape index (κ2) is 10.4. The Kier molecular flexibility index (Phi) is 7.49. The normalized spacial score (nSPS) is 14.7. The van der Waals surface area contributed by atoms with Crippen molar-refractivity contribution >= 4 is 34.4 Å². The number of amides is 1. The number of nitrogens with one attached hydrogen (secondary N) is 1. The molecule has 0 bridgehead atoms. The van der Waals surface area contributed by atoms with Gasteiger partial charge >= 0.3 is 6.18 Å². The van der Waals surface area contributed by atoms with Crippen molar-refractivity contribution in [1.82, 2.24) is 14.5 Å². The molecule has 36 heavy (non-hydrogen) atoms. The third kappa shape index (κ3) is 5.45. The maximum absolute atomic E-state index is 13.5. The number of ketones is 1. The maximum Gasteiger partial charge on any atom is 0.422 e. The number of hydrogen-bond donors (Lipinski definition) is 1. The van der Waals surface area contributed by atoms with Gasteiger partial charge in [0.2, 0.25) is 0 Å². The van der Waals surface area contributed by atoms with Gasteiger partial charge in [-0.25, -0.2) is 0 Å². The van der Waals surface area contributed by atoms with Gasteiger partial charge < -0.3 is 19.2 Å². The Morgan fingerprint density at radius 3 is 2.47 bits per heavy atom. The second-order valence-electron chi connectivity index (χ2n) is 8.73. The third-order valence-corrected chi connectivity index (χ3v) is 7.22. The lowest BCUT2D eigenvalue weighted by Gasteiger charge is -2.23. The maximum atomic E-state index is 13.5. The van der Waals surface area contributed by atoms with Crippen LogP contribution in [0.3, 0.4) is 0 Å². The fourth-order valence-corrected chi connectivity index (χ4v) is 5.43. The van der Waals surface area contributed by atoms with Gasteiger partial charge in [-0.15, -0.1) is 0 Å². The van der Waals surface area contributed by atoms with Gasteiger partial charge in [-0.2, -0.15) is 24.9 Å². The number of pyridine rings is 1. The van der Waals surface area contributed by atoms with Crippen molar-refractivity contribution in [2.24, 2.45) is 7.05 Å². The highest BCUT2D eigenvalue weighted by Gasteiger charge is 2.33. The monoisotopic (exact) mass is 521 g/mol. The predicted molar refractivity (Wildman–Crippen MR) is 132 cm³/mol. The molecule has 1 saturated heterocycles. The Hall–Kier alpha value is -3.21. The molecule has 4 rings (SSSR count). The zero-order valence-electron chi connectivity index (χ0n) is 19.9. The number of fused-ring (bicyclic) bond motifs is 1. The quantitative estimate of drug-likeness (QED) is 0.474. The fraction of sp³-hybridized carbons (Fsp3) is 0.400. The number of aromatic nitrogens is 2. The van der Waals surface area contributed by atoms with Crippen molar-refractivity contribution in [2.75, 3.05) is 18.1 Å². The number of rotatable bonds is 7. The highest BCUT2D eigenvalue weighted by molar-refractivity contribution is 7.99. The molecule has 3 aromatic rings.